The molecule has 0 spiro atoms. The minimum atomic E-state index is -2.34. The van der Waals surface area contributed by atoms with Gasteiger partial charge in [-0.15, -0.1) is 0 Å². The van der Waals surface area contributed by atoms with Gasteiger partial charge in [-0.2, -0.15) is 0 Å². The van der Waals surface area contributed by atoms with Crippen LogP contribution in [-0.2, 0) is 71.2 Å². The fraction of sp³-hybridized carbons (Fsp3) is 0.909. The van der Waals surface area contributed by atoms with Crippen molar-refractivity contribution >= 4 is 17.9 Å². The molecule has 20 atom stereocenters. The molecule has 60 heavy (non-hydrogen) atoms. The van der Waals surface area contributed by atoms with Gasteiger partial charge in [-0.1, -0.05) is 0 Å². The minimum Gasteiger partial charge on any atom is -0.480 e. The number of rotatable bonds is 21. The second kappa shape index (κ2) is 22.3. The highest BCUT2D eigenvalue weighted by molar-refractivity contribution is 5.68. The Morgan fingerprint density at radius 1 is 0.517 bits per heavy atom. The van der Waals surface area contributed by atoms with Crippen LogP contribution in [0.4, 0.5) is 0 Å². The Balaban J connectivity index is 1.55. The van der Waals surface area contributed by atoms with Crippen LogP contribution in [0.3, 0.4) is 0 Å². The molecule has 348 valence electrons. The first kappa shape index (κ1) is 50.2. The molecule has 0 aromatic rings. The number of methoxy groups -OCH3 is 2. The van der Waals surface area contributed by atoms with Crippen LogP contribution in [0, 0.1) is 0 Å². The first-order valence-electron chi connectivity index (χ1n) is 18.4. The first-order valence-corrected chi connectivity index (χ1v) is 18.4. The molecule has 27 heteroatoms. The SMILES string of the molecule is CO[C@@H]1O[C@@H](COCC(=O)O)[C@@H](O[C@@H]2OC(CO)[C@@H](O[C@@H]3O[C@@H](CO)[C@@H](O[C@@H]4OC(COCC(=O)O)[C@@H](OC)[C@H](O)C4O)C(O)C3O)[C@H](O)C2(C)OCC(=O)O)C(O)C1O. The van der Waals surface area contributed by atoms with Crippen LogP contribution in [0.25, 0.3) is 0 Å². The Morgan fingerprint density at radius 3 is 1.42 bits per heavy atom. The van der Waals surface area contributed by atoms with E-state index in [2.05, 4.69) is 0 Å². The second-order valence-corrected chi connectivity index (χ2v) is 14.3. The van der Waals surface area contributed by atoms with Crippen molar-refractivity contribution in [3.05, 3.63) is 0 Å². The topological polar surface area (TPSA) is 405 Å². The molecule has 0 aromatic carbocycles. The van der Waals surface area contributed by atoms with E-state index in [1.165, 1.54) is 7.11 Å². The molecule has 0 amide bonds. The van der Waals surface area contributed by atoms with Gasteiger partial charge in [-0.05, 0) is 6.92 Å². The average molecular weight is 883 g/mol. The van der Waals surface area contributed by atoms with E-state index in [-0.39, 0.29) is 0 Å². The van der Waals surface area contributed by atoms with Gasteiger partial charge in [-0.3, -0.25) is 0 Å². The lowest BCUT2D eigenvalue weighted by molar-refractivity contribution is -0.405. The summed E-state index contributed by atoms with van der Waals surface area (Å²) in [6, 6.07) is 0. The zero-order chi connectivity index (χ0) is 44.6. The van der Waals surface area contributed by atoms with Gasteiger partial charge in [-0.25, -0.2) is 14.4 Å². The number of hydrogen-bond donors (Lipinski definition) is 12. The van der Waals surface area contributed by atoms with Crippen molar-refractivity contribution in [2.45, 2.75) is 129 Å². The standard InChI is InChI=1S/C33H54O27/c1-33(53-10-17(40)41)28(48)27(12(5-35)57-32(33)60-26-14(7-52-9-16(38)39)55-29(50-3)21(45)19(26)43)59-30-23(47)20(44)25(11(4-34)54-30)58-31-22(46)18(42)24(49-2)13(56-31)6-51-8-15(36)37/h11-14,18-32,34-35,42-48H,4-10H2,1-3H3,(H,36,37)(H,38,39)(H,40,41)/t11-,12?,13?,14-,18+,19?,20?,21?,22?,23?,24+,25+,26+,27+,28-,29+,30-,31-,32-,33?/m0/s1. The molecule has 27 nitrogen and oxygen atoms in total. The number of carboxylic acids is 3. The monoisotopic (exact) mass is 882 g/mol. The van der Waals surface area contributed by atoms with E-state index >= 15 is 0 Å². The Hall–Kier alpha value is -2.43. The highest BCUT2D eigenvalue weighted by atomic mass is 16.8. The number of aliphatic carboxylic acids is 3. The minimum absolute atomic E-state index is 0.466. The van der Waals surface area contributed by atoms with Crippen molar-refractivity contribution in [1.29, 1.82) is 0 Å². The van der Waals surface area contributed by atoms with E-state index < -0.39 is 186 Å². The predicted octanol–water partition coefficient (Wildman–Crippen LogP) is -7.72. The van der Waals surface area contributed by atoms with Gasteiger partial charge in [0.2, 0.25) is 0 Å². The molecule has 4 rings (SSSR count). The van der Waals surface area contributed by atoms with Gasteiger partial charge in [0.25, 0.3) is 0 Å². The molecule has 0 radical (unpaired) electrons. The number of aliphatic hydroxyl groups excluding tert-OH is 9. The quantitative estimate of drug-likeness (QED) is 0.0509. The Morgan fingerprint density at radius 2 is 0.933 bits per heavy atom. The lowest BCUT2D eigenvalue weighted by atomic mass is 9.87. The van der Waals surface area contributed by atoms with Crippen molar-refractivity contribution in [2.24, 2.45) is 0 Å². The summed E-state index contributed by atoms with van der Waals surface area (Å²) in [5.74, 6) is -4.23. The average Bonchev–Trinajstić information content (AvgIpc) is 3.20. The van der Waals surface area contributed by atoms with Crippen molar-refractivity contribution < 1.29 is 133 Å². The lowest BCUT2D eigenvalue weighted by Gasteiger charge is -2.53. The van der Waals surface area contributed by atoms with Gasteiger partial charge >= 0.3 is 17.9 Å². The summed E-state index contributed by atoms with van der Waals surface area (Å²) < 4.78 is 66.2. The normalized spacial score (nSPS) is 43.7. The van der Waals surface area contributed by atoms with Gasteiger partial charge in [0.05, 0.1) is 26.4 Å². The Bertz CT molecular complexity index is 1370. The van der Waals surface area contributed by atoms with E-state index in [0.29, 0.717) is 0 Å². The number of aliphatic hydroxyl groups is 9. The van der Waals surface area contributed by atoms with Crippen LogP contribution in [-0.4, -0.2) is 262 Å². The fourth-order valence-electron chi connectivity index (χ4n) is 7.04. The molecule has 0 bridgehead atoms. The summed E-state index contributed by atoms with van der Waals surface area (Å²) in [6.45, 7) is -4.61. The van der Waals surface area contributed by atoms with E-state index in [1.807, 2.05) is 0 Å². The van der Waals surface area contributed by atoms with Crippen LogP contribution in [0.2, 0.25) is 0 Å². The molecule has 0 aromatic heterocycles. The highest BCUT2D eigenvalue weighted by Gasteiger charge is 2.60. The first-order chi connectivity index (χ1) is 28.3. The largest absolute Gasteiger partial charge is 0.480 e. The third-order valence-electron chi connectivity index (χ3n) is 10.2. The molecule has 4 aliphatic rings. The molecule has 8 unspecified atom stereocenters. The molecule has 12 N–H and O–H groups in total. The molecular weight excluding hydrogens is 828 g/mol. The zero-order valence-corrected chi connectivity index (χ0v) is 32.4. The lowest BCUT2D eigenvalue weighted by Crippen LogP contribution is -2.71. The summed E-state index contributed by atoms with van der Waals surface area (Å²) in [5.41, 5.74) is -2.34. The molecule has 0 aliphatic carbocycles. The summed E-state index contributed by atoms with van der Waals surface area (Å²) in [7, 11) is 2.31. The number of ether oxygens (including phenoxy) is 12. The van der Waals surface area contributed by atoms with Crippen LogP contribution < -0.4 is 0 Å². The van der Waals surface area contributed by atoms with Crippen molar-refractivity contribution in [1.82, 2.24) is 0 Å². The van der Waals surface area contributed by atoms with Crippen LogP contribution in [0.15, 0.2) is 0 Å². The van der Waals surface area contributed by atoms with E-state index in [1.54, 1.807) is 0 Å². The maximum Gasteiger partial charge on any atom is 0.329 e. The number of carboxylic acid groups (broad SMARTS) is 3. The molecule has 0 saturated carbocycles. The Kier molecular flexibility index (Phi) is 18.6. The smallest absolute Gasteiger partial charge is 0.329 e. The van der Waals surface area contributed by atoms with Crippen LogP contribution in [0.1, 0.15) is 6.92 Å². The second-order valence-electron chi connectivity index (χ2n) is 14.3. The predicted molar refractivity (Wildman–Crippen MR) is 182 cm³/mol. The third-order valence-corrected chi connectivity index (χ3v) is 10.2. The van der Waals surface area contributed by atoms with Crippen molar-refractivity contribution in [3.8, 4) is 0 Å². The van der Waals surface area contributed by atoms with E-state index in [0.717, 1.165) is 14.0 Å². The van der Waals surface area contributed by atoms with Gasteiger partial charge in [0.15, 0.2) is 25.2 Å². The molecular formula is C33H54O27. The van der Waals surface area contributed by atoms with Crippen molar-refractivity contribution in [2.75, 3.05) is 60.5 Å². The summed E-state index contributed by atoms with van der Waals surface area (Å²) in [5, 5.41) is 125. The fourth-order valence-corrected chi connectivity index (χ4v) is 7.04. The van der Waals surface area contributed by atoms with Gasteiger partial charge < -0.3 is 118 Å². The third kappa shape index (κ3) is 11.6. The zero-order valence-electron chi connectivity index (χ0n) is 32.4. The summed E-state index contributed by atoms with van der Waals surface area (Å²) in [6.07, 6.45) is -33.3. The van der Waals surface area contributed by atoms with Gasteiger partial charge in [0.1, 0.15) is 117 Å². The maximum absolute atomic E-state index is 11.8. The van der Waals surface area contributed by atoms with Crippen LogP contribution in [0.5, 0.6) is 0 Å². The number of carbonyl (C=O) groups is 3. The van der Waals surface area contributed by atoms with Crippen molar-refractivity contribution in [3.63, 3.8) is 0 Å². The van der Waals surface area contributed by atoms with E-state index in [9.17, 15) is 65.4 Å². The molecule has 4 fully saturated rings. The van der Waals surface area contributed by atoms with Gasteiger partial charge in [0, 0.05) is 14.2 Å². The summed E-state index contributed by atoms with van der Waals surface area (Å²) in [4.78, 5) is 33.7. The number of hydrogen-bond acceptors (Lipinski definition) is 24. The van der Waals surface area contributed by atoms with E-state index in [4.69, 9.17) is 67.1 Å². The highest BCUT2D eigenvalue weighted by Crippen LogP contribution is 2.40. The maximum atomic E-state index is 11.8. The molecule has 4 aliphatic heterocycles. The van der Waals surface area contributed by atoms with Crippen LogP contribution >= 0.6 is 0 Å². The summed E-state index contributed by atoms with van der Waals surface area (Å²) >= 11 is 0. The Labute approximate surface area is 340 Å². The molecule has 4 heterocycles. The molecule has 4 saturated heterocycles.